The third kappa shape index (κ3) is 3.23. The zero-order valence-corrected chi connectivity index (χ0v) is 11.6. The normalized spacial score (nSPS) is 19.6. The predicted octanol–water partition coefficient (Wildman–Crippen LogP) is 3.44. The molecule has 0 radical (unpaired) electrons. The molecule has 1 aliphatic heterocycles. The molecule has 3 nitrogen and oxygen atoms in total. The molecule has 1 atom stereocenters. The zero-order valence-electron chi connectivity index (χ0n) is 11.6. The summed E-state index contributed by atoms with van der Waals surface area (Å²) >= 11 is 0. The van der Waals surface area contributed by atoms with Crippen molar-refractivity contribution in [1.82, 2.24) is 0 Å². The van der Waals surface area contributed by atoms with Crippen molar-refractivity contribution in [3.05, 3.63) is 41.5 Å². The Morgan fingerprint density at radius 3 is 2.58 bits per heavy atom. The van der Waals surface area contributed by atoms with Crippen LogP contribution in [0.25, 0.3) is 6.08 Å². The van der Waals surface area contributed by atoms with Crippen LogP contribution < -0.4 is 0 Å². The van der Waals surface area contributed by atoms with Gasteiger partial charge < -0.3 is 4.74 Å². The van der Waals surface area contributed by atoms with Crippen LogP contribution in [0.5, 0.6) is 0 Å². The van der Waals surface area contributed by atoms with E-state index in [1.165, 1.54) is 0 Å². The maximum atomic E-state index is 9.26. The minimum Gasteiger partial charge on any atom is -0.475 e. The van der Waals surface area contributed by atoms with E-state index in [9.17, 15) is 5.26 Å². The summed E-state index contributed by atoms with van der Waals surface area (Å²) in [7, 11) is 0. The van der Waals surface area contributed by atoms with Gasteiger partial charge in [-0.1, -0.05) is 51.1 Å². The largest absolute Gasteiger partial charge is 0.475 e. The number of nitriles is 1. The number of rotatable bonds is 2. The van der Waals surface area contributed by atoms with Gasteiger partial charge in [0.25, 0.3) is 0 Å². The Morgan fingerprint density at radius 2 is 2.05 bits per heavy atom. The fourth-order valence-electron chi connectivity index (χ4n) is 1.82. The molecule has 19 heavy (non-hydrogen) atoms. The Labute approximate surface area is 114 Å². The molecule has 1 heterocycles. The summed E-state index contributed by atoms with van der Waals surface area (Å²) in [5, 5.41) is 9.26. The van der Waals surface area contributed by atoms with Crippen LogP contribution in [0, 0.1) is 16.7 Å². The van der Waals surface area contributed by atoms with E-state index in [-0.39, 0.29) is 11.5 Å². The molecule has 0 saturated carbocycles. The molecule has 1 aliphatic rings. The minimum absolute atomic E-state index is 0.0507. The Morgan fingerprint density at radius 1 is 1.37 bits per heavy atom. The van der Waals surface area contributed by atoms with Crippen molar-refractivity contribution >= 4 is 12.0 Å². The van der Waals surface area contributed by atoms with Crippen LogP contribution in [0.2, 0.25) is 0 Å². The average molecular weight is 254 g/mol. The molecule has 0 saturated heterocycles. The Balaban J connectivity index is 2.26. The molecule has 0 N–H and O–H groups in total. The lowest BCUT2D eigenvalue weighted by Gasteiger charge is -2.21. The third-order valence-electron chi connectivity index (χ3n) is 3.11. The van der Waals surface area contributed by atoms with E-state index >= 15 is 0 Å². The fourth-order valence-corrected chi connectivity index (χ4v) is 1.82. The van der Waals surface area contributed by atoms with E-state index in [0.717, 1.165) is 5.56 Å². The second-order valence-electron chi connectivity index (χ2n) is 5.71. The lowest BCUT2D eigenvalue weighted by molar-refractivity contribution is 0.236. The van der Waals surface area contributed by atoms with Crippen LogP contribution in [0.4, 0.5) is 0 Å². The van der Waals surface area contributed by atoms with Crippen molar-refractivity contribution in [1.29, 1.82) is 5.26 Å². The first-order chi connectivity index (χ1) is 9.00. The first-order valence-corrected chi connectivity index (χ1v) is 6.38. The van der Waals surface area contributed by atoms with Gasteiger partial charge in [-0.15, -0.1) is 0 Å². The van der Waals surface area contributed by atoms with Crippen LogP contribution >= 0.6 is 0 Å². The van der Waals surface area contributed by atoms with Gasteiger partial charge in [0.1, 0.15) is 18.2 Å². The molecule has 2 rings (SSSR count). The van der Waals surface area contributed by atoms with Crippen LogP contribution in [-0.2, 0) is 4.74 Å². The Kier molecular flexibility index (Phi) is 3.71. The number of hydrogen-bond donors (Lipinski definition) is 0. The SMILES string of the molecule is CC(C)(C)[C@H]1COC(/C(C#N)=C/c2ccccc2)=N1. The van der Waals surface area contributed by atoms with Gasteiger partial charge in [-0.3, -0.25) is 0 Å². The number of ether oxygens (including phenoxy) is 1. The van der Waals surface area contributed by atoms with E-state index in [4.69, 9.17) is 4.74 Å². The maximum absolute atomic E-state index is 9.26. The number of hydrogen-bond acceptors (Lipinski definition) is 3. The van der Waals surface area contributed by atoms with Crippen molar-refractivity contribution < 1.29 is 4.74 Å². The average Bonchev–Trinajstić information content (AvgIpc) is 2.86. The lowest BCUT2D eigenvalue weighted by atomic mass is 9.88. The van der Waals surface area contributed by atoms with Crippen molar-refractivity contribution in [2.45, 2.75) is 26.8 Å². The van der Waals surface area contributed by atoms with Crippen molar-refractivity contribution in [3.63, 3.8) is 0 Å². The van der Waals surface area contributed by atoms with Crippen LogP contribution in [-0.4, -0.2) is 18.5 Å². The van der Waals surface area contributed by atoms with Gasteiger partial charge in [0.2, 0.25) is 5.90 Å². The Hall–Kier alpha value is -2.08. The fraction of sp³-hybridized carbons (Fsp3) is 0.375. The standard InChI is InChI=1S/C16H18N2O/c1-16(2,3)14-11-19-15(18-14)13(10-17)9-12-7-5-4-6-8-12/h4-9,14H,11H2,1-3H3/b13-9+/t14-/m1/s1. The monoisotopic (exact) mass is 254 g/mol. The first kappa shape index (κ1) is 13.4. The molecule has 1 aromatic rings. The number of nitrogens with zero attached hydrogens (tertiary/aromatic N) is 2. The molecule has 3 heteroatoms. The summed E-state index contributed by atoms with van der Waals surface area (Å²) in [5.74, 6) is 0.464. The summed E-state index contributed by atoms with van der Waals surface area (Å²) in [5.41, 5.74) is 1.51. The second-order valence-corrected chi connectivity index (χ2v) is 5.71. The lowest BCUT2D eigenvalue weighted by Crippen LogP contribution is -2.25. The van der Waals surface area contributed by atoms with Gasteiger partial charge in [0.05, 0.1) is 6.04 Å². The van der Waals surface area contributed by atoms with Gasteiger partial charge in [0.15, 0.2) is 0 Å². The van der Waals surface area contributed by atoms with E-state index in [0.29, 0.717) is 18.1 Å². The summed E-state index contributed by atoms with van der Waals surface area (Å²) < 4.78 is 5.58. The summed E-state index contributed by atoms with van der Waals surface area (Å²) in [4.78, 5) is 4.53. The smallest absolute Gasteiger partial charge is 0.227 e. The van der Waals surface area contributed by atoms with Crippen molar-refractivity contribution in [2.75, 3.05) is 6.61 Å². The van der Waals surface area contributed by atoms with E-state index < -0.39 is 0 Å². The zero-order chi connectivity index (χ0) is 13.9. The highest BCUT2D eigenvalue weighted by atomic mass is 16.5. The van der Waals surface area contributed by atoms with Crippen LogP contribution in [0.15, 0.2) is 40.9 Å². The highest BCUT2D eigenvalue weighted by Gasteiger charge is 2.31. The van der Waals surface area contributed by atoms with E-state index in [2.05, 4.69) is 31.8 Å². The quantitative estimate of drug-likeness (QED) is 0.759. The summed E-state index contributed by atoms with van der Waals surface area (Å²) in [6, 6.07) is 12.0. The molecule has 1 aromatic carbocycles. The Bertz CT molecular complexity index is 544. The molecule has 0 fully saturated rings. The van der Waals surface area contributed by atoms with Gasteiger partial charge in [-0.2, -0.15) is 5.26 Å². The van der Waals surface area contributed by atoms with E-state index in [1.54, 1.807) is 0 Å². The molecule has 0 aliphatic carbocycles. The van der Waals surface area contributed by atoms with Gasteiger partial charge in [-0.25, -0.2) is 4.99 Å². The first-order valence-electron chi connectivity index (χ1n) is 6.38. The molecule has 0 amide bonds. The minimum atomic E-state index is 0.0507. The summed E-state index contributed by atoms with van der Waals surface area (Å²) in [6.07, 6.45) is 1.81. The van der Waals surface area contributed by atoms with Gasteiger partial charge in [0, 0.05) is 0 Å². The van der Waals surface area contributed by atoms with Crippen LogP contribution in [0.1, 0.15) is 26.3 Å². The van der Waals surface area contributed by atoms with Crippen molar-refractivity contribution in [2.24, 2.45) is 10.4 Å². The van der Waals surface area contributed by atoms with Crippen molar-refractivity contribution in [3.8, 4) is 6.07 Å². The second kappa shape index (κ2) is 5.27. The van der Waals surface area contributed by atoms with Gasteiger partial charge in [-0.05, 0) is 17.1 Å². The molecule has 98 valence electrons. The molecule has 0 unspecified atom stereocenters. The topological polar surface area (TPSA) is 45.4 Å². The third-order valence-corrected chi connectivity index (χ3v) is 3.11. The summed E-state index contributed by atoms with van der Waals surface area (Å²) in [6.45, 7) is 6.92. The van der Waals surface area contributed by atoms with E-state index in [1.807, 2.05) is 36.4 Å². The molecular formula is C16H18N2O. The highest BCUT2D eigenvalue weighted by molar-refractivity contribution is 6.02. The molecule has 0 spiro atoms. The number of benzene rings is 1. The predicted molar refractivity (Wildman–Crippen MR) is 76.7 cm³/mol. The van der Waals surface area contributed by atoms with Crippen LogP contribution in [0.3, 0.4) is 0 Å². The number of aliphatic imine (C=N–C) groups is 1. The van der Waals surface area contributed by atoms with Gasteiger partial charge >= 0.3 is 0 Å². The molecule has 0 bridgehead atoms. The maximum Gasteiger partial charge on any atom is 0.227 e. The molecule has 0 aromatic heterocycles. The highest BCUT2D eigenvalue weighted by Crippen LogP contribution is 2.27. The molecular weight excluding hydrogens is 236 g/mol.